The van der Waals surface area contributed by atoms with Crippen LogP contribution < -0.4 is 21.7 Å². The molecule has 9 heteroatoms. The number of nitrogens with one attached hydrogen (secondary N) is 3. The second-order valence-electron chi connectivity index (χ2n) is 6.21. The van der Waals surface area contributed by atoms with Crippen LogP contribution in [0.1, 0.15) is 12.8 Å². The highest BCUT2D eigenvalue weighted by Gasteiger charge is 2.29. The van der Waals surface area contributed by atoms with Gasteiger partial charge in [-0.25, -0.2) is 4.79 Å². The van der Waals surface area contributed by atoms with Crippen LogP contribution in [0.3, 0.4) is 0 Å². The van der Waals surface area contributed by atoms with Gasteiger partial charge in [0.05, 0.1) is 6.10 Å². The largest absolute Gasteiger partial charge is 0.364 e. The fourth-order valence-electron chi connectivity index (χ4n) is 2.76. The Balaban J connectivity index is 0.00000280. The van der Waals surface area contributed by atoms with E-state index >= 15 is 0 Å². The van der Waals surface area contributed by atoms with E-state index in [2.05, 4.69) is 16.0 Å². The summed E-state index contributed by atoms with van der Waals surface area (Å²) < 4.78 is 5.57. The van der Waals surface area contributed by atoms with Crippen LogP contribution in [0.15, 0.2) is 48.5 Å². The summed E-state index contributed by atoms with van der Waals surface area (Å²) in [6.07, 6.45) is 0.936. The molecule has 1 aliphatic heterocycles. The average Bonchev–Trinajstić information content (AvgIpc) is 3.15. The normalized spacial score (nSPS) is 18.1. The number of ether oxygens (including phenoxy) is 1. The molecule has 1 saturated heterocycles. The smallest absolute Gasteiger partial charge is 0.323 e. The standard InChI is InChI=1S/C19H21ClN4O3.ClH/c20-12-1-3-14(4-2-12)23-19(26)24-15-7-5-13(6-8-15)22-18(25)17-10-9-16(11-21)27-17;/h1-8,16-17H,9-11,21H2,(H,22,25)(H2,23,24,26);1H/t16-,17+;/m1./s1. The number of benzene rings is 2. The Morgan fingerprint density at radius 1 is 0.929 bits per heavy atom. The monoisotopic (exact) mass is 424 g/mol. The highest BCUT2D eigenvalue weighted by atomic mass is 35.5. The van der Waals surface area contributed by atoms with Crippen molar-refractivity contribution in [2.45, 2.75) is 25.0 Å². The first-order chi connectivity index (χ1) is 13.0. The molecule has 2 atom stereocenters. The molecule has 0 bridgehead atoms. The van der Waals surface area contributed by atoms with E-state index in [-0.39, 0.29) is 30.4 Å². The maximum Gasteiger partial charge on any atom is 0.323 e. The van der Waals surface area contributed by atoms with Crippen LogP contribution in [-0.4, -0.2) is 30.7 Å². The van der Waals surface area contributed by atoms with Gasteiger partial charge in [-0.05, 0) is 61.4 Å². The van der Waals surface area contributed by atoms with Crippen molar-refractivity contribution < 1.29 is 14.3 Å². The highest BCUT2D eigenvalue weighted by Crippen LogP contribution is 2.21. The van der Waals surface area contributed by atoms with E-state index in [1.807, 2.05) is 0 Å². The molecule has 1 aliphatic rings. The molecular formula is C19H22Cl2N4O3. The average molecular weight is 425 g/mol. The van der Waals surface area contributed by atoms with Crippen LogP contribution >= 0.6 is 24.0 Å². The van der Waals surface area contributed by atoms with Crippen LogP contribution in [-0.2, 0) is 9.53 Å². The number of halogens is 2. The number of amides is 3. The molecule has 2 aromatic carbocycles. The summed E-state index contributed by atoms with van der Waals surface area (Å²) in [5.41, 5.74) is 7.42. The van der Waals surface area contributed by atoms with Crippen LogP contribution in [0.2, 0.25) is 5.02 Å². The van der Waals surface area contributed by atoms with Crippen LogP contribution in [0, 0.1) is 0 Å². The Labute approximate surface area is 174 Å². The first kappa shape index (κ1) is 22.0. The van der Waals surface area contributed by atoms with E-state index in [1.165, 1.54) is 0 Å². The van der Waals surface area contributed by atoms with E-state index in [9.17, 15) is 9.59 Å². The Kier molecular flexibility index (Phi) is 8.07. The lowest BCUT2D eigenvalue weighted by molar-refractivity contribution is -0.126. The van der Waals surface area contributed by atoms with Crippen molar-refractivity contribution in [3.63, 3.8) is 0 Å². The molecule has 0 spiro atoms. The van der Waals surface area contributed by atoms with E-state index in [1.54, 1.807) is 48.5 Å². The van der Waals surface area contributed by atoms with Crippen molar-refractivity contribution in [1.82, 2.24) is 0 Å². The van der Waals surface area contributed by atoms with Crippen LogP contribution in [0.25, 0.3) is 0 Å². The molecule has 0 saturated carbocycles. The minimum Gasteiger partial charge on any atom is -0.364 e. The van der Waals surface area contributed by atoms with Gasteiger partial charge in [0.1, 0.15) is 6.10 Å². The van der Waals surface area contributed by atoms with Gasteiger partial charge in [-0.1, -0.05) is 11.6 Å². The number of nitrogens with two attached hydrogens (primary N) is 1. The number of hydrogen-bond acceptors (Lipinski definition) is 4. The van der Waals surface area contributed by atoms with Crippen molar-refractivity contribution in [3.8, 4) is 0 Å². The maximum atomic E-state index is 12.2. The summed E-state index contributed by atoms with van der Waals surface area (Å²) in [5.74, 6) is -0.188. The first-order valence-corrected chi connectivity index (χ1v) is 9.01. The number of hydrogen-bond donors (Lipinski definition) is 4. The number of carbonyl (C=O) groups excluding carboxylic acids is 2. The van der Waals surface area contributed by atoms with Gasteiger partial charge in [0.15, 0.2) is 0 Å². The van der Waals surface area contributed by atoms with Gasteiger partial charge in [-0.15, -0.1) is 12.4 Å². The molecule has 7 nitrogen and oxygen atoms in total. The van der Waals surface area contributed by atoms with Crippen molar-refractivity contribution in [3.05, 3.63) is 53.6 Å². The Hall–Kier alpha value is -2.32. The molecule has 0 unspecified atom stereocenters. The molecule has 150 valence electrons. The van der Waals surface area contributed by atoms with E-state index < -0.39 is 6.10 Å². The van der Waals surface area contributed by atoms with Gasteiger partial charge >= 0.3 is 6.03 Å². The predicted molar refractivity (Wildman–Crippen MR) is 113 cm³/mol. The molecule has 1 heterocycles. The summed E-state index contributed by atoms with van der Waals surface area (Å²) in [7, 11) is 0. The summed E-state index contributed by atoms with van der Waals surface area (Å²) in [6, 6.07) is 13.3. The molecule has 5 N–H and O–H groups in total. The Morgan fingerprint density at radius 3 is 1.93 bits per heavy atom. The highest BCUT2D eigenvalue weighted by molar-refractivity contribution is 6.30. The van der Waals surface area contributed by atoms with Gasteiger partial charge in [0.25, 0.3) is 5.91 Å². The zero-order valence-electron chi connectivity index (χ0n) is 15.0. The summed E-state index contributed by atoms with van der Waals surface area (Å²) >= 11 is 5.81. The quantitative estimate of drug-likeness (QED) is 0.584. The number of rotatable bonds is 5. The predicted octanol–water partition coefficient (Wildman–Crippen LogP) is 3.85. The molecule has 3 rings (SSSR count). The second kappa shape index (κ2) is 10.3. The molecule has 3 amide bonds. The fraction of sp³-hybridized carbons (Fsp3) is 0.263. The maximum absolute atomic E-state index is 12.2. The van der Waals surface area contributed by atoms with Gasteiger partial charge in [-0.2, -0.15) is 0 Å². The first-order valence-electron chi connectivity index (χ1n) is 8.63. The van der Waals surface area contributed by atoms with E-state index in [0.29, 0.717) is 35.1 Å². The molecule has 2 aromatic rings. The summed E-state index contributed by atoms with van der Waals surface area (Å²) in [5, 5.41) is 8.83. The Bertz CT molecular complexity index is 800. The third kappa shape index (κ3) is 6.10. The number of anilines is 3. The third-order valence-electron chi connectivity index (χ3n) is 4.18. The topological polar surface area (TPSA) is 105 Å². The second-order valence-corrected chi connectivity index (χ2v) is 6.65. The van der Waals surface area contributed by atoms with E-state index in [0.717, 1.165) is 6.42 Å². The lowest BCUT2D eigenvalue weighted by atomic mass is 10.2. The molecule has 0 aliphatic carbocycles. The van der Waals surface area contributed by atoms with Crippen molar-refractivity contribution >= 4 is 53.0 Å². The lowest BCUT2D eigenvalue weighted by Gasteiger charge is -2.13. The summed E-state index contributed by atoms with van der Waals surface area (Å²) in [4.78, 5) is 24.2. The minimum absolute atomic E-state index is 0. The van der Waals surface area contributed by atoms with Crippen molar-refractivity contribution in [2.75, 3.05) is 22.5 Å². The summed E-state index contributed by atoms with van der Waals surface area (Å²) in [6.45, 7) is 0.419. The third-order valence-corrected chi connectivity index (χ3v) is 4.43. The zero-order chi connectivity index (χ0) is 19.2. The SMILES string of the molecule is Cl.NC[C@H]1CC[C@@H](C(=O)Nc2ccc(NC(=O)Nc3ccc(Cl)cc3)cc2)O1. The minimum atomic E-state index is -0.471. The number of urea groups is 1. The molecule has 0 radical (unpaired) electrons. The molecular weight excluding hydrogens is 403 g/mol. The number of carbonyl (C=O) groups is 2. The van der Waals surface area contributed by atoms with E-state index in [4.69, 9.17) is 22.1 Å². The van der Waals surface area contributed by atoms with Gasteiger partial charge in [0.2, 0.25) is 0 Å². The molecule has 1 fully saturated rings. The van der Waals surface area contributed by atoms with Gasteiger partial charge in [-0.3, -0.25) is 4.79 Å². The van der Waals surface area contributed by atoms with Gasteiger partial charge in [0, 0.05) is 28.6 Å². The Morgan fingerprint density at radius 2 is 1.43 bits per heavy atom. The van der Waals surface area contributed by atoms with Gasteiger partial charge < -0.3 is 26.4 Å². The van der Waals surface area contributed by atoms with Crippen molar-refractivity contribution in [2.24, 2.45) is 5.73 Å². The van der Waals surface area contributed by atoms with Crippen molar-refractivity contribution in [1.29, 1.82) is 0 Å². The fourth-order valence-corrected chi connectivity index (χ4v) is 2.88. The van der Waals surface area contributed by atoms with Crippen LogP contribution in [0.4, 0.5) is 21.9 Å². The lowest BCUT2D eigenvalue weighted by Crippen LogP contribution is -2.29. The van der Waals surface area contributed by atoms with Crippen LogP contribution in [0.5, 0.6) is 0 Å². The molecule has 0 aromatic heterocycles. The molecule has 28 heavy (non-hydrogen) atoms. The zero-order valence-corrected chi connectivity index (χ0v) is 16.6.